The van der Waals surface area contributed by atoms with Gasteiger partial charge >= 0.3 is 0 Å². The molecule has 2 aromatic carbocycles. The molecule has 0 atom stereocenters. The molecular weight excluding hydrogens is 346 g/mol. The molecule has 1 aliphatic heterocycles. The molecule has 0 radical (unpaired) electrons. The largest absolute Gasteiger partial charge is 0.299 e. The van der Waals surface area contributed by atoms with Crippen LogP contribution < -0.4 is 4.72 Å². The molecule has 0 bridgehead atoms. The Morgan fingerprint density at radius 3 is 2.36 bits per heavy atom. The number of benzene rings is 2. The lowest BCUT2D eigenvalue weighted by Crippen LogP contribution is -2.26. The second-order valence-corrected chi connectivity index (χ2v) is 7.89. The van der Waals surface area contributed by atoms with Crippen LogP contribution in [0.25, 0.3) is 0 Å². The summed E-state index contributed by atoms with van der Waals surface area (Å²) in [5.41, 5.74) is 1.90. The zero-order valence-corrected chi connectivity index (χ0v) is 14.5. The van der Waals surface area contributed by atoms with Crippen LogP contribution in [-0.4, -0.2) is 26.4 Å². The van der Waals surface area contributed by atoms with Crippen molar-refractivity contribution < 1.29 is 17.2 Å². The Hall–Kier alpha value is -1.83. The molecule has 0 aliphatic carbocycles. The lowest BCUT2D eigenvalue weighted by Gasteiger charge is -2.18. The van der Waals surface area contributed by atoms with Gasteiger partial charge in [-0.1, -0.05) is 24.3 Å². The maximum atomic E-state index is 13.8. The van der Waals surface area contributed by atoms with Gasteiger partial charge in [0.2, 0.25) is 10.0 Å². The predicted octanol–water partition coefficient (Wildman–Crippen LogP) is 3.04. The highest BCUT2D eigenvalue weighted by Crippen LogP contribution is 2.18. The molecule has 0 amide bonds. The molecule has 0 aromatic heterocycles. The highest BCUT2D eigenvalue weighted by atomic mass is 32.2. The van der Waals surface area contributed by atoms with Crippen LogP contribution in [0.4, 0.5) is 8.78 Å². The lowest BCUT2D eigenvalue weighted by atomic mass is 10.1. The van der Waals surface area contributed by atoms with E-state index in [1.54, 1.807) is 0 Å². The van der Waals surface area contributed by atoms with Crippen LogP contribution in [0.1, 0.15) is 24.0 Å². The Morgan fingerprint density at radius 2 is 1.68 bits per heavy atom. The molecule has 1 heterocycles. The fourth-order valence-corrected chi connectivity index (χ4v) is 4.07. The highest BCUT2D eigenvalue weighted by molar-refractivity contribution is 7.89. The normalized spacial score (nSPS) is 15.6. The van der Waals surface area contributed by atoms with E-state index in [9.17, 15) is 17.2 Å². The summed E-state index contributed by atoms with van der Waals surface area (Å²) in [5, 5.41) is 0. The van der Waals surface area contributed by atoms with Crippen molar-refractivity contribution in [3.05, 3.63) is 65.2 Å². The van der Waals surface area contributed by atoms with E-state index in [0.717, 1.165) is 42.9 Å². The Bertz CT molecular complexity index is 850. The molecule has 1 aliphatic rings. The summed E-state index contributed by atoms with van der Waals surface area (Å²) in [7, 11) is -4.06. The Balaban J connectivity index is 1.74. The SMILES string of the molecule is O=S(=O)(NCc1ccccc1CN1CCCC1)c1ccc(F)cc1F. The van der Waals surface area contributed by atoms with Gasteiger partial charge in [0.1, 0.15) is 16.5 Å². The predicted molar refractivity (Wildman–Crippen MR) is 91.3 cm³/mol. The minimum atomic E-state index is -4.06. The molecular formula is C18H20F2N2O2S. The maximum Gasteiger partial charge on any atom is 0.243 e. The van der Waals surface area contributed by atoms with Crippen LogP contribution in [0.5, 0.6) is 0 Å². The Morgan fingerprint density at radius 1 is 1.00 bits per heavy atom. The number of sulfonamides is 1. The van der Waals surface area contributed by atoms with E-state index in [4.69, 9.17) is 0 Å². The first-order valence-electron chi connectivity index (χ1n) is 8.19. The van der Waals surface area contributed by atoms with Crippen LogP contribution in [0.15, 0.2) is 47.4 Å². The Kier molecular flexibility index (Phi) is 5.46. The Labute approximate surface area is 146 Å². The molecule has 4 nitrogen and oxygen atoms in total. The van der Waals surface area contributed by atoms with Gasteiger partial charge in [0.15, 0.2) is 0 Å². The van der Waals surface area contributed by atoms with E-state index in [1.807, 2.05) is 24.3 Å². The second-order valence-electron chi connectivity index (χ2n) is 6.15. The van der Waals surface area contributed by atoms with Gasteiger partial charge in [-0.15, -0.1) is 0 Å². The average Bonchev–Trinajstić information content (AvgIpc) is 3.07. The summed E-state index contributed by atoms with van der Waals surface area (Å²) in [4.78, 5) is 1.78. The number of hydrogen-bond acceptors (Lipinski definition) is 3. The summed E-state index contributed by atoms with van der Waals surface area (Å²) in [5.74, 6) is -1.91. The van der Waals surface area contributed by atoms with Crippen LogP contribution in [0, 0.1) is 11.6 Å². The van der Waals surface area contributed by atoms with Gasteiger partial charge in [0.05, 0.1) is 0 Å². The van der Waals surface area contributed by atoms with Gasteiger partial charge in [-0.3, -0.25) is 4.90 Å². The maximum absolute atomic E-state index is 13.8. The average molecular weight is 366 g/mol. The van der Waals surface area contributed by atoms with Crippen molar-refractivity contribution in [2.75, 3.05) is 13.1 Å². The van der Waals surface area contributed by atoms with E-state index < -0.39 is 26.6 Å². The van der Waals surface area contributed by atoms with E-state index in [0.29, 0.717) is 6.07 Å². The number of rotatable bonds is 6. The standard InChI is InChI=1S/C18H20F2N2O2S/c19-16-7-8-18(17(20)11-16)25(23,24)21-12-14-5-1-2-6-15(14)13-22-9-3-4-10-22/h1-2,5-8,11,21H,3-4,9-10,12-13H2. The summed E-state index contributed by atoms with van der Waals surface area (Å²) in [6, 6.07) is 10.0. The first kappa shape index (κ1) is 18.0. The zero-order valence-electron chi connectivity index (χ0n) is 13.7. The van der Waals surface area contributed by atoms with Crippen molar-refractivity contribution in [1.29, 1.82) is 0 Å². The molecule has 25 heavy (non-hydrogen) atoms. The van der Waals surface area contributed by atoms with Gasteiger partial charge in [-0.2, -0.15) is 0 Å². The summed E-state index contributed by atoms with van der Waals surface area (Å²) in [6.07, 6.45) is 2.36. The number of halogens is 2. The first-order valence-corrected chi connectivity index (χ1v) is 9.68. The van der Waals surface area contributed by atoms with Crippen molar-refractivity contribution in [2.45, 2.75) is 30.8 Å². The van der Waals surface area contributed by atoms with Crippen molar-refractivity contribution >= 4 is 10.0 Å². The quantitative estimate of drug-likeness (QED) is 0.855. The van der Waals surface area contributed by atoms with Crippen LogP contribution in [0.2, 0.25) is 0 Å². The summed E-state index contributed by atoms with van der Waals surface area (Å²) in [6.45, 7) is 2.91. The molecule has 134 valence electrons. The monoisotopic (exact) mass is 366 g/mol. The molecule has 7 heteroatoms. The molecule has 0 unspecified atom stereocenters. The summed E-state index contributed by atoms with van der Waals surface area (Å²) >= 11 is 0. The molecule has 3 rings (SSSR count). The van der Waals surface area contributed by atoms with Crippen molar-refractivity contribution in [3.8, 4) is 0 Å². The number of likely N-dealkylation sites (tertiary alicyclic amines) is 1. The minimum absolute atomic E-state index is 0.0587. The fourth-order valence-electron chi connectivity index (χ4n) is 3.01. The van der Waals surface area contributed by atoms with E-state index in [1.165, 1.54) is 12.8 Å². The summed E-state index contributed by atoms with van der Waals surface area (Å²) < 4.78 is 53.8. The third kappa shape index (κ3) is 4.42. The first-order chi connectivity index (χ1) is 12.0. The smallest absolute Gasteiger partial charge is 0.243 e. The van der Waals surface area contributed by atoms with Gasteiger partial charge in [0, 0.05) is 19.2 Å². The van der Waals surface area contributed by atoms with Gasteiger partial charge < -0.3 is 0 Å². The third-order valence-electron chi connectivity index (χ3n) is 4.35. The second kappa shape index (κ2) is 7.59. The molecule has 1 fully saturated rings. The van der Waals surface area contributed by atoms with Gasteiger partial charge in [0.25, 0.3) is 0 Å². The van der Waals surface area contributed by atoms with Crippen molar-refractivity contribution in [1.82, 2.24) is 9.62 Å². The molecule has 1 saturated heterocycles. The fraction of sp³-hybridized carbons (Fsp3) is 0.333. The minimum Gasteiger partial charge on any atom is -0.299 e. The van der Waals surface area contributed by atoms with Gasteiger partial charge in [-0.05, 0) is 49.2 Å². The number of nitrogens with zero attached hydrogens (tertiary/aromatic N) is 1. The topological polar surface area (TPSA) is 49.4 Å². The van der Waals surface area contributed by atoms with E-state index in [2.05, 4.69) is 9.62 Å². The number of hydrogen-bond donors (Lipinski definition) is 1. The van der Waals surface area contributed by atoms with Crippen LogP contribution in [-0.2, 0) is 23.1 Å². The molecule has 0 spiro atoms. The van der Waals surface area contributed by atoms with Crippen LogP contribution in [0.3, 0.4) is 0 Å². The van der Waals surface area contributed by atoms with Crippen molar-refractivity contribution in [2.24, 2.45) is 0 Å². The van der Waals surface area contributed by atoms with E-state index in [-0.39, 0.29) is 6.54 Å². The lowest BCUT2D eigenvalue weighted by molar-refractivity contribution is 0.330. The molecule has 1 N–H and O–H groups in total. The molecule has 0 saturated carbocycles. The van der Waals surface area contributed by atoms with Crippen molar-refractivity contribution in [3.63, 3.8) is 0 Å². The zero-order chi connectivity index (χ0) is 17.9. The third-order valence-corrected chi connectivity index (χ3v) is 5.78. The van der Waals surface area contributed by atoms with E-state index >= 15 is 0 Å². The highest BCUT2D eigenvalue weighted by Gasteiger charge is 2.20. The van der Waals surface area contributed by atoms with Gasteiger partial charge in [-0.25, -0.2) is 21.9 Å². The van der Waals surface area contributed by atoms with Crippen LogP contribution >= 0.6 is 0 Å². The molecule has 2 aromatic rings. The number of nitrogens with one attached hydrogen (secondary N) is 1.